The Morgan fingerprint density at radius 2 is 1.95 bits per heavy atom. The van der Waals surface area contributed by atoms with Gasteiger partial charge in [0.2, 0.25) is 15.9 Å². The molecule has 0 saturated carbocycles. The van der Waals surface area contributed by atoms with Crippen molar-refractivity contribution in [3.05, 3.63) is 0 Å². The Morgan fingerprint density at radius 1 is 1.29 bits per heavy atom. The number of piperidine rings is 2. The SMILES string of the molecule is CCS(=O)(=O)N1CCC(C(=O)NC2CNCCC2C)CC1. The molecule has 2 fully saturated rings. The van der Waals surface area contributed by atoms with Gasteiger partial charge in [-0.3, -0.25) is 4.79 Å². The summed E-state index contributed by atoms with van der Waals surface area (Å²) in [5.41, 5.74) is 0. The summed E-state index contributed by atoms with van der Waals surface area (Å²) in [6, 6.07) is 0.198. The van der Waals surface area contributed by atoms with E-state index in [0.29, 0.717) is 31.8 Å². The van der Waals surface area contributed by atoms with Gasteiger partial charge in [0, 0.05) is 31.6 Å². The Hall–Kier alpha value is -0.660. The molecule has 2 unspecified atom stereocenters. The lowest BCUT2D eigenvalue weighted by atomic mass is 9.92. The summed E-state index contributed by atoms with van der Waals surface area (Å²) in [5, 5.41) is 6.44. The van der Waals surface area contributed by atoms with Gasteiger partial charge in [0.15, 0.2) is 0 Å². The Kier molecular flexibility index (Phi) is 5.62. The summed E-state index contributed by atoms with van der Waals surface area (Å²) in [6.45, 7) is 6.60. The van der Waals surface area contributed by atoms with Crippen molar-refractivity contribution < 1.29 is 13.2 Å². The highest BCUT2D eigenvalue weighted by Gasteiger charge is 2.32. The van der Waals surface area contributed by atoms with E-state index in [-0.39, 0.29) is 23.6 Å². The van der Waals surface area contributed by atoms with Crippen molar-refractivity contribution >= 4 is 15.9 Å². The zero-order valence-corrected chi connectivity index (χ0v) is 13.8. The number of nitrogens with one attached hydrogen (secondary N) is 2. The van der Waals surface area contributed by atoms with E-state index in [1.54, 1.807) is 6.92 Å². The minimum Gasteiger partial charge on any atom is -0.352 e. The lowest BCUT2D eigenvalue weighted by Crippen LogP contribution is -2.52. The van der Waals surface area contributed by atoms with Gasteiger partial charge in [-0.1, -0.05) is 6.92 Å². The van der Waals surface area contributed by atoms with Crippen molar-refractivity contribution in [1.82, 2.24) is 14.9 Å². The van der Waals surface area contributed by atoms with Crippen LogP contribution >= 0.6 is 0 Å². The van der Waals surface area contributed by atoms with Gasteiger partial charge >= 0.3 is 0 Å². The predicted molar refractivity (Wildman–Crippen MR) is 82.3 cm³/mol. The first-order valence-electron chi connectivity index (χ1n) is 7.93. The van der Waals surface area contributed by atoms with E-state index in [2.05, 4.69) is 17.6 Å². The van der Waals surface area contributed by atoms with Crippen LogP contribution < -0.4 is 10.6 Å². The Bertz CT molecular complexity index is 458. The fourth-order valence-electron chi connectivity index (χ4n) is 3.06. The van der Waals surface area contributed by atoms with Crippen LogP contribution in [0.2, 0.25) is 0 Å². The molecule has 0 aromatic rings. The fourth-order valence-corrected chi connectivity index (χ4v) is 4.19. The van der Waals surface area contributed by atoms with E-state index in [9.17, 15) is 13.2 Å². The predicted octanol–water partition coefficient (Wildman–Crippen LogP) is 0.162. The minimum atomic E-state index is -3.11. The molecule has 0 aromatic carbocycles. The highest BCUT2D eigenvalue weighted by Crippen LogP contribution is 2.21. The third-order valence-electron chi connectivity index (χ3n) is 4.74. The molecule has 7 heteroatoms. The quantitative estimate of drug-likeness (QED) is 0.774. The Balaban J connectivity index is 1.83. The van der Waals surface area contributed by atoms with Gasteiger partial charge < -0.3 is 10.6 Å². The lowest BCUT2D eigenvalue weighted by Gasteiger charge is -2.34. The molecular formula is C14H27N3O3S. The van der Waals surface area contributed by atoms with Crippen LogP contribution in [-0.2, 0) is 14.8 Å². The van der Waals surface area contributed by atoms with Crippen LogP contribution in [0, 0.1) is 11.8 Å². The van der Waals surface area contributed by atoms with Gasteiger partial charge in [-0.05, 0) is 38.6 Å². The standard InChI is InChI=1S/C14H27N3O3S/c1-3-21(19,20)17-8-5-12(6-9-17)14(18)16-13-10-15-7-4-11(13)2/h11-13,15H,3-10H2,1-2H3,(H,16,18). The van der Waals surface area contributed by atoms with Crippen LogP contribution in [0.1, 0.15) is 33.1 Å². The number of rotatable bonds is 4. The monoisotopic (exact) mass is 317 g/mol. The van der Waals surface area contributed by atoms with Crippen LogP contribution in [0.4, 0.5) is 0 Å². The molecule has 0 spiro atoms. The topological polar surface area (TPSA) is 78.5 Å². The van der Waals surface area contributed by atoms with Crippen LogP contribution in [0.3, 0.4) is 0 Å². The smallest absolute Gasteiger partial charge is 0.223 e. The number of hydrogen-bond donors (Lipinski definition) is 2. The van der Waals surface area contributed by atoms with Crippen LogP contribution in [0.25, 0.3) is 0 Å². The number of nitrogens with zero attached hydrogens (tertiary/aromatic N) is 1. The summed E-state index contributed by atoms with van der Waals surface area (Å²) in [6.07, 6.45) is 2.33. The highest BCUT2D eigenvalue weighted by molar-refractivity contribution is 7.89. The Labute approximate surface area is 127 Å². The molecule has 0 aliphatic carbocycles. The molecule has 2 saturated heterocycles. The van der Waals surface area contributed by atoms with Crippen molar-refractivity contribution in [2.24, 2.45) is 11.8 Å². The van der Waals surface area contributed by atoms with Crippen LogP contribution in [0.5, 0.6) is 0 Å². The molecule has 2 aliphatic rings. The van der Waals surface area contributed by atoms with E-state index in [0.717, 1.165) is 19.5 Å². The van der Waals surface area contributed by atoms with Crippen LogP contribution in [-0.4, -0.2) is 56.6 Å². The molecule has 21 heavy (non-hydrogen) atoms. The van der Waals surface area contributed by atoms with Gasteiger partial charge in [0.05, 0.1) is 5.75 Å². The average Bonchev–Trinajstić information content (AvgIpc) is 2.49. The molecule has 122 valence electrons. The van der Waals surface area contributed by atoms with Crippen molar-refractivity contribution in [2.45, 2.75) is 39.2 Å². The first-order chi connectivity index (χ1) is 9.94. The van der Waals surface area contributed by atoms with Gasteiger partial charge in [-0.15, -0.1) is 0 Å². The second-order valence-electron chi connectivity index (χ2n) is 6.16. The second-order valence-corrected chi connectivity index (χ2v) is 8.42. The summed E-state index contributed by atoms with van der Waals surface area (Å²) >= 11 is 0. The lowest BCUT2D eigenvalue weighted by molar-refractivity contribution is -0.127. The van der Waals surface area contributed by atoms with Crippen molar-refractivity contribution in [1.29, 1.82) is 0 Å². The van der Waals surface area contributed by atoms with Crippen molar-refractivity contribution in [2.75, 3.05) is 31.9 Å². The van der Waals surface area contributed by atoms with Gasteiger partial charge in [0.1, 0.15) is 0 Å². The first-order valence-corrected chi connectivity index (χ1v) is 9.54. The average molecular weight is 317 g/mol. The van der Waals surface area contributed by atoms with E-state index in [4.69, 9.17) is 0 Å². The van der Waals surface area contributed by atoms with E-state index in [1.165, 1.54) is 4.31 Å². The maximum atomic E-state index is 12.3. The summed E-state index contributed by atoms with van der Waals surface area (Å²) in [7, 11) is -3.11. The number of carbonyl (C=O) groups excluding carboxylic acids is 1. The van der Waals surface area contributed by atoms with Gasteiger partial charge in [-0.25, -0.2) is 12.7 Å². The molecule has 2 heterocycles. The minimum absolute atomic E-state index is 0.0533. The van der Waals surface area contributed by atoms with Crippen LogP contribution in [0.15, 0.2) is 0 Å². The molecule has 0 radical (unpaired) electrons. The van der Waals surface area contributed by atoms with E-state index in [1.807, 2.05) is 0 Å². The fraction of sp³-hybridized carbons (Fsp3) is 0.929. The maximum absolute atomic E-state index is 12.3. The van der Waals surface area contributed by atoms with Crippen molar-refractivity contribution in [3.63, 3.8) is 0 Å². The number of carbonyl (C=O) groups is 1. The molecule has 0 aromatic heterocycles. The third kappa shape index (κ3) is 4.17. The van der Waals surface area contributed by atoms with Gasteiger partial charge in [-0.2, -0.15) is 0 Å². The third-order valence-corrected chi connectivity index (χ3v) is 6.62. The largest absolute Gasteiger partial charge is 0.352 e. The number of amides is 1. The number of sulfonamides is 1. The molecule has 2 rings (SSSR count). The normalized spacial score (nSPS) is 29.2. The molecule has 2 atom stereocenters. The number of hydrogen-bond acceptors (Lipinski definition) is 4. The summed E-state index contributed by atoms with van der Waals surface area (Å²) in [5.74, 6) is 0.664. The maximum Gasteiger partial charge on any atom is 0.223 e. The zero-order chi connectivity index (χ0) is 15.5. The van der Waals surface area contributed by atoms with Crippen molar-refractivity contribution in [3.8, 4) is 0 Å². The molecule has 6 nitrogen and oxygen atoms in total. The molecule has 2 N–H and O–H groups in total. The molecule has 2 aliphatic heterocycles. The Morgan fingerprint density at radius 3 is 2.52 bits per heavy atom. The van der Waals surface area contributed by atoms with E-state index >= 15 is 0 Å². The van der Waals surface area contributed by atoms with Gasteiger partial charge in [0.25, 0.3) is 0 Å². The van der Waals surface area contributed by atoms with E-state index < -0.39 is 10.0 Å². The molecular weight excluding hydrogens is 290 g/mol. The highest BCUT2D eigenvalue weighted by atomic mass is 32.2. The summed E-state index contributed by atoms with van der Waals surface area (Å²) < 4.78 is 25.1. The zero-order valence-electron chi connectivity index (χ0n) is 13.0. The summed E-state index contributed by atoms with van der Waals surface area (Å²) in [4.78, 5) is 12.3. The molecule has 0 bridgehead atoms. The first kappa shape index (κ1) is 16.7. The molecule has 1 amide bonds. The second kappa shape index (κ2) is 7.07.